The van der Waals surface area contributed by atoms with Crippen molar-refractivity contribution in [3.8, 4) is 0 Å². The van der Waals surface area contributed by atoms with Gasteiger partial charge in [0.05, 0.1) is 26.4 Å². The molecular weight excluding hydrogens is 1460 g/mol. The van der Waals surface area contributed by atoms with Crippen LogP contribution in [-0.2, 0) is 192 Å². The Morgan fingerprint density at radius 2 is 0.713 bits per heavy atom. The number of rotatable bonds is 34. The molecule has 0 unspecified atom stereocenters. The van der Waals surface area contributed by atoms with E-state index in [0.717, 1.165) is 42.7 Å². The number of methoxy groups -OCH3 is 7. The lowest BCUT2D eigenvalue weighted by Gasteiger charge is -2.51. The standard InChI is InChI=1S/C38H62O49S7/c1-64-15-12(8-72-88(43,44)45)76-33(25(67-4)18(15)65-2)80-20-19(66-3)26(68-5)34(81-24(20)31(39)40)78-16-14(10-74-90(49,50)51)77-35(29(87-94(61,62)63)22(16)85-92(55,56)57)82-30-23-27(69-6)36(83-38(30,11-71-23)37(41)42)79-17-13(9-73-89(46,47)48)75-32(70-7)28(86-93(58,59)60)21(17)84-91(52,53)54/h12-30,32-36H,8-11H2,1-7H3,(H,39,40)(H,41,42)(H,43,44,45)(H,46,47,48)(H,49,50,51)(H,52,53,54)(H,55,56,57)(H,58,59,60)(H,61,62,63)/t12-,13-,14-,15-,16-,17-,18+,19+,20+,21+,22+,23-,24+,25-,26-,27-,28-,29-,30+,32+,33-,34-,35-,36-,38-/m1/s1. The molecule has 6 aliphatic rings. The molecule has 94 heavy (non-hydrogen) atoms. The zero-order valence-corrected chi connectivity index (χ0v) is 54.1. The molecule has 6 aliphatic heterocycles. The van der Waals surface area contributed by atoms with Crippen LogP contribution in [0.25, 0.3) is 0 Å². The third kappa shape index (κ3) is 20.5. The average molecular weight is 1530 g/mol. The summed E-state index contributed by atoms with van der Waals surface area (Å²) in [5.74, 6) is -4.27. The Hall–Kier alpha value is -2.65. The van der Waals surface area contributed by atoms with E-state index in [9.17, 15) is 111 Å². The molecule has 2 bridgehead atoms. The van der Waals surface area contributed by atoms with Gasteiger partial charge in [-0.3, -0.25) is 31.9 Å². The van der Waals surface area contributed by atoms with Gasteiger partial charge in [0.15, 0.2) is 49.8 Å². The van der Waals surface area contributed by atoms with Crippen molar-refractivity contribution >= 4 is 84.7 Å². The molecule has 0 radical (unpaired) electrons. The van der Waals surface area contributed by atoms with Crippen LogP contribution in [0, 0.1) is 0 Å². The van der Waals surface area contributed by atoms with E-state index in [0.29, 0.717) is 7.11 Å². The van der Waals surface area contributed by atoms with Crippen molar-refractivity contribution in [3.63, 3.8) is 0 Å². The number of fused-ring (bicyclic) bond motifs is 2. The van der Waals surface area contributed by atoms with Crippen molar-refractivity contribution in [1.82, 2.24) is 0 Å². The van der Waals surface area contributed by atoms with Gasteiger partial charge in [0.25, 0.3) is 0 Å². The lowest BCUT2D eigenvalue weighted by Crippen LogP contribution is -2.70. The van der Waals surface area contributed by atoms with Crippen LogP contribution in [0.3, 0.4) is 0 Å². The SMILES string of the molecule is CO[C@H]1O[C@H](COS(=O)(=O)O)[C@@H](O[C@@H]2O[C@]3(C(=O)O)CO[C@H]([C@H]2OC)[C@@H]3O[C@H]2O[C@H](COS(=O)(=O)O)[C@@H](O[C@@H]3O[C@H](C(=O)O)[C@@H](O[C@H]4O[C@H](COS(=O)(=O)O)[C@@H](OC)[C@H](OC)[C@H]4OC)[C@H](OC)[C@H]3OC)[C@H](OS(=O)(=O)O)[C@H]2OS(=O)(=O)O)[C@H](OS(=O)(=O)O)[C@H]1OS(=O)(=O)O. The van der Waals surface area contributed by atoms with Crippen LogP contribution in [-0.4, -0.2) is 342 Å². The summed E-state index contributed by atoms with van der Waals surface area (Å²) in [5.41, 5.74) is -3.30. The van der Waals surface area contributed by atoms with Crippen LogP contribution in [0.1, 0.15) is 0 Å². The maximum Gasteiger partial charge on any atom is 0.397 e. The summed E-state index contributed by atoms with van der Waals surface area (Å²) in [5, 5.41) is 21.6. The van der Waals surface area contributed by atoms with Crippen LogP contribution in [0.5, 0.6) is 0 Å². The molecule has 6 rings (SSSR count). The molecule has 6 fully saturated rings. The van der Waals surface area contributed by atoms with Gasteiger partial charge in [0.2, 0.25) is 5.60 Å². The summed E-state index contributed by atoms with van der Waals surface area (Å²) in [6.07, 6.45) is -55.6. The topological polar surface area (TPSA) is 677 Å². The fraction of sp³-hybridized carbons (Fsp3) is 0.947. The Balaban J connectivity index is 1.43. The first kappa shape index (κ1) is 80.3. The second-order valence-electron chi connectivity index (χ2n) is 19.7. The lowest BCUT2D eigenvalue weighted by molar-refractivity contribution is -0.386. The molecule has 550 valence electrons. The minimum Gasteiger partial charge on any atom is -0.479 e. The minimum atomic E-state index is -6.19. The van der Waals surface area contributed by atoms with Gasteiger partial charge in [-0.1, -0.05) is 0 Å². The summed E-state index contributed by atoms with van der Waals surface area (Å²) in [6.45, 7) is -5.64. The molecule has 0 aliphatic carbocycles. The van der Waals surface area contributed by atoms with Crippen molar-refractivity contribution in [2.45, 2.75) is 153 Å². The normalized spacial score (nSPS) is 38.9. The third-order valence-corrected chi connectivity index (χ3v) is 17.3. The maximum atomic E-state index is 13.6. The Bertz CT molecular complexity index is 3410. The molecule has 0 aromatic heterocycles. The second kappa shape index (κ2) is 31.5. The predicted octanol–water partition coefficient (Wildman–Crippen LogP) is -7.96. The average Bonchev–Trinajstić information content (AvgIpc) is 1.48. The van der Waals surface area contributed by atoms with Gasteiger partial charge >= 0.3 is 84.7 Å². The lowest BCUT2D eigenvalue weighted by atomic mass is 9.89. The molecule has 56 heteroatoms. The van der Waals surface area contributed by atoms with Gasteiger partial charge < -0.3 is 90.7 Å². The summed E-state index contributed by atoms with van der Waals surface area (Å²) < 4.78 is 367. The maximum absolute atomic E-state index is 13.6. The first-order valence-electron chi connectivity index (χ1n) is 25.4. The van der Waals surface area contributed by atoms with Crippen LogP contribution >= 0.6 is 0 Å². The minimum absolute atomic E-state index is 0.712. The summed E-state index contributed by atoms with van der Waals surface area (Å²) in [4.78, 5) is 26.9. The Morgan fingerprint density at radius 1 is 0.372 bits per heavy atom. The number of carboxylic acid groups (broad SMARTS) is 2. The van der Waals surface area contributed by atoms with Crippen molar-refractivity contribution in [3.05, 3.63) is 0 Å². The van der Waals surface area contributed by atoms with Crippen LogP contribution in [0.2, 0.25) is 0 Å². The van der Waals surface area contributed by atoms with E-state index < -0.39 is 264 Å². The fourth-order valence-corrected chi connectivity index (χ4v) is 13.5. The largest absolute Gasteiger partial charge is 0.479 e. The van der Waals surface area contributed by atoms with Crippen LogP contribution in [0.4, 0.5) is 0 Å². The number of carbonyl (C=O) groups is 2. The monoisotopic (exact) mass is 1530 g/mol. The van der Waals surface area contributed by atoms with Gasteiger partial charge in [0.1, 0.15) is 97.7 Å². The van der Waals surface area contributed by atoms with E-state index in [1.807, 2.05) is 0 Å². The highest BCUT2D eigenvalue weighted by molar-refractivity contribution is 7.82. The van der Waals surface area contributed by atoms with E-state index in [1.54, 1.807) is 0 Å². The zero-order chi connectivity index (χ0) is 70.8. The molecule has 6 heterocycles. The van der Waals surface area contributed by atoms with Gasteiger partial charge in [-0.25, -0.2) is 38.9 Å². The highest BCUT2D eigenvalue weighted by Crippen LogP contribution is 2.46. The predicted molar refractivity (Wildman–Crippen MR) is 277 cm³/mol. The number of hydrogen-bond donors (Lipinski definition) is 9. The van der Waals surface area contributed by atoms with E-state index in [4.69, 9.17) is 88.9 Å². The van der Waals surface area contributed by atoms with Crippen molar-refractivity contribution in [2.24, 2.45) is 0 Å². The quantitative estimate of drug-likeness (QED) is 0.0270. The van der Waals surface area contributed by atoms with Crippen molar-refractivity contribution < 1.29 is 220 Å². The molecule has 0 aromatic rings. The van der Waals surface area contributed by atoms with Crippen molar-refractivity contribution in [2.75, 3.05) is 76.2 Å². The Kier molecular flexibility index (Phi) is 26.9. The first-order valence-corrected chi connectivity index (χ1v) is 35.0. The van der Waals surface area contributed by atoms with Crippen LogP contribution < -0.4 is 0 Å². The molecule has 0 aromatic carbocycles. The van der Waals surface area contributed by atoms with Gasteiger partial charge in [-0.2, -0.15) is 58.9 Å². The molecule has 9 N–H and O–H groups in total. The van der Waals surface area contributed by atoms with E-state index >= 15 is 0 Å². The fourth-order valence-electron chi connectivity index (χ4n) is 10.6. The Morgan fingerprint density at radius 3 is 1.09 bits per heavy atom. The second-order valence-corrected chi connectivity index (χ2v) is 27.2. The number of carboxylic acids is 2. The number of aliphatic carboxylic acids is 2. The molecule has 25 atom stereocenters. The summed E-state index contributed by atoms with van der Waals surface area (Å²) >= 11 is 0. The van der Waals surface area contributed by atoms with E-state index in [1.165, 1.54) is 0 Å². The first-order chi connectivity index (χ1) is 43.2. The van der Waals surface area contributed by atoms with Gasteiger partial charge in [-0.05, 0) is 0 Å². The smallest absolute Gasteiger partial charge is 0.397 e. The summed E-state index contributed by atoms with van der Waals surface area (Å²) in [7, 11) is -34.0. The van der Waals surface area contributed by atoms with Gasteiger partial charge in [-0.15, -0.1) is 0 Å². The highest BCUT2D eigenvalue weighted by atomic mass is 32.3. The summed E-state index contributed by atoms with van der Waals surface area (Å²) in [6, 6.07) is 0. The zero-order valence-electron chi connectivity index (χ0n) is 48.4. The molecule has 0 amide bonds. The number of hydrogen-bond acceptors (Lipinski definition) is 40. The van der Waals surface area contributed by atoms with Crippen molar-refractivity contribution in [1.29, 1.82) is 0 Å². The molecule has 6 saturated heterocycles. The Labute approximate surface area is 532 Å². The van der Waals surface area contributed by atoms with Gasteiger partial charge in [0, 0.05) is 49.8 Å². The van der Waals surface area contributed by atoms with E-state index in [2.05, 4.69) is 20.9 Å². The third-order valence-electron chi connectivity index (χ3n) is 14.1. The molecule has 0 saturated carbocycles. The highest BCUT2D eigenvalue weighted by Gasteiger charge is 2.70. The van der Waals surface area contributed by atoms with Crippen LogP contribution in [0.15, 0.2) is 0 Å². The molecule has 0 spiro atoms. The molecule has 49 nitrogen and oxygen atoms in total. The van der Waals surface area contributed by atoms with E-state index in [-0.39, 0.29) is 0 Å². The number of ether oxygens (including phenoxy) is 17. The molecular formula is C38H62O49S7.